The van der Waals surface area contributed by atoms with Gasteiger partial charge in [0.15, 0.2) is 5.78 Å². The Hall–Kier alpha value is -2.92. The zero-order valence-corrected chi connectivity index (χ0v) is 16.5. The Morgan fingerprint density at radius 3 is 2.50 bits per heavy atom. The minimum absolute atomic E-state index is 0.0165. The molecule has 0 fully saturated rings. The van der Waals surface area contributed by atoms with Gasteiger partial charge in [0.05, 0.1) is 11.6 Å². The van der Waals surface area contributed by atoms with Crippen molar-refractivity contribution in [3.63, 3.8) is 0 Å². The van der Waals surface area contributed by atoms with Gasteiger partial charge < -0.3 is 15.0 Å². The van der Waals surface area contributed by atoms with Gasteiger partial charge in [-0.1, -0.05) is 51.1 Å². The lowest BCUT2D eigenvalue weighted by Crippen LogP contribution is -2.40. The highest BCUT2D eigenvalue weighted by molar-refractivity contribution is 6.10. The Balaban J connectivity index is 1.98. The monoisotopic (exact) mass is 378 g/mol. The van der Waals surface area contributed by atoms with E-state index in [4.69, 9.17) is 4.74 Å². The number of hydrogen-bond acceptors (Lipinski definition) is 4. The Morgan fingerprint density at radius 1 is 1.07 bits per heavy atom. The largest absolute Gasteiger partial charge is 0.487 e. The van der Waals surface area contributed by atoms with Crippen molar-refractivity contribution in [3.05, 3.63) is 76.1 Å². The molecule has 0 saturated heterocycles. The summed E-state index contributed by atoms with van der Waals surface area (Å²) in [6.07, 6.45) is 0.689. The van der Waals surface area contributed by atoms with Crippen LogP contribution in [0.25, 0.3) is 10.9 Å². The van der Waals surface area contributed by atoms with Gasteiger partial charge >= 0.3 is 0 Å². The standard InChI is InChI=1S/C23H26N2O3/c1-4-19(24-15(2)3)23(27)18-10-12-20(22-17(18)11-13-21(26)25-22)28-14-16-8-6-5-7-9-16/h5-13,15,19,24H,4,14H2,1-3H3,(H,25,26). The first-order valence-corrected chi connectivity index (χ1v) is 9.62. The molecule has 0 radical (unpaired) electrons. The summed E-state index contributed by atoms with van der Waals surface area (Å²) < 4.78 is 5.95. The third-order valence-electron chi connectivity index (χ3n) is 4.62. The molecular weight excluding hydrogens is 352 g/mol. The van der Waals surface area contributed by atoms with Gasteiger partial charge in [-0.3, -0.25) is 9.59 Å². The number of Topliss-reactive ketones (excluding diaryl/α,β-unsaturated/α-hetero) is 1. The molecule has 1 heterocycles. The van der Waals surface area contributed by atoms with Crippen LogP contribution in [-0.2, 0) is 6.61 Å². The summed E-state index contributed by atoms with van der Waals surface area (Å²) in [6, 6.07) is 16.4. The quantitative estimate of drug-likeness (QED) is 0.580. The predicted molar refractivity (Wildman–Crippen MR) is 112 cm³/mol. The molecule has 5 heteroatoms. The van der Waals surface area contributed by atoms with Crippen molar-refractivity contribution in [1.82, 2.24) is 10.3 Å². The van der Waals surface area contributed by atoms with E-state index < -0.39 is 0 Å². The van der Waals surface area contributed by atoms with E-state index in [1.54, 1.807) is 18.2 Å². The molecule has 1 atom stereocenters. The zero-order chi connectivity index (χ0) is 20.1. The van der Waals surface area contributed by atoms with Crippen molar-refractivity contribution in [3.8, 4) is 5.75 Å². The highest BCUT2D eigenvalue weighted by Crippen LogP contribution is 2.28. The van der Waals surface area contributed by atoms with Gasteiger partial charge in [-0.25, -0.2) is 0 Å². The molecule has 3 aromatic rings. The third-order valence-corrected chi connectivity index (χ3v) is 4.62. The molecule has 0 spiro atoms. The zero-order valence-electron chi connectivity index (χ0n) is 16.5. The van der Waals surface area contributed by atoms with Crippen molar-refractivity contribution in [2.75, 3.05) is 0 Å². The van der Waals surface area contributed by atoms with Gasteiger partial charge in [-0.2, -0.15) is 0 Å². The number of ether oxygens (including phenoxy) is 1. The van der Waals surface area contributed by atoms with Crippen LogP contribution in [0.5, 0.6) is 5.75 Å². The molecule has 2 aromatic carbocycles. The van der Waals surface area contributed by atoms with Gasteiger partial charge in [-0.15, -0.1) is 0 Å². The molecule has 28 heavy (non-hydrogen) atoms. The number of pyridine rings is 1. The third kappa shape index (κ3) is 4.49. The second-order valence-electron chi connectivity index (χ2n) is 7.14. The number of benzene rings is 2. The Labute approximate surface area is 164 Å². The SMILES string of the molecule is CCC(NC(C)C)C(=O)c1ccc(OCc2ccccc2)c2[nH]c(=O)ccc12. The van der Waals surface area contributed by atoms with E-state index in [-0.39, 0.29) is 23.4 Å². The number of aromatic amines is 1. The summed E-state index contributed by atoms with van der Waals surface area (Å²) in [6.45, 7) is 6.41. The normalized spacial score (nSPS) is 12.3. The first-order chi connectivity index (χ1) is 13.5. The molecule has 0 saturated carbocycles. The number of ketones is 1. The average Bonchev–Trinajstić information content (AvgIpc) is 2.70. The summed E-state index contributed by atoms with van der Waals surface area (Å²) in [5.41, 5.74) is 1.93. The maximum absolute atomic E-state index is 13.1. The molecule has 0 amide bonds. The fraction of sp³-hybridized carbons (Fsp3) is 0.304. The lowest BCUT2D eigenvalue weighted by atomic mass is 9.97. The van der Waals surface area contributed by atoms with E-state index in [0.717, 1.165) is 5.56 Å². The van der Waals surface area contributed by atoms with Crippen LogP contribution in [0.15, 0.2) is 59.4 Å². The van der Waals surface area contributed by atoms with Crippen molar-refractivity contribution < 1.29 is 9.53 Å². The number of H-pyrrole nitrogens is 1. The molecule has 5 nitrogen and oxygen atoms in total. The second-order valence-corrected chi connectivity index (χ2v) is 7.14. The molecule has 3 rings (SSSR count). The van der Waals surface area contributed by atoms with Crippen molar-refractivity contribution in [1.29, 1.82) is 0 Å². The molecule has 2 N–H and O–H groups in total. The van der Waals surface area contributed by atoms with Crippen LogP contribution in [-0.4, -0.2) is 22.9 Å². The molecule has 146 valence electrons. The number of hydrogen-bond donors (Lipinski definition) is 2. The lowest BCUT2D eigenvalue weighted by Gasteiger charge is -2.20. The van der Waals surface area contributed by atoms with Gasteiger partial charge in [0, 0.05) is 23.1 Å². The van der Waals surface area contributed by atoms with E-state index in [1.807, 2.05) is 51.1 Å². The second kappa shape index (κ2) is 8.85. The molecule has 1 aromatic heterocycles. The number of carbonyl (C=O) groups excluding carboxylic acids is 1. The first-order valence-electron chi connectivity index (χ1n) is 9.62. The molecule has 0 bridgehead atoms. The van der Waals surface area contributed by atoms with Crippen LogP contribution in [0.3, 0.4) is 0 Å². The molecule has 0 aliphatic heterocycles. The maximum Gasteiger partial charge on any atom is 0.248 e. The number of rotatable bonds is 8. The van der Waals surface area contributed by atoms with Crippen LogP contribution < -0.4 is 15.6 Å². The van der Waals surface area contributed by atoms with Gasteiger partial charge in [0.1, 0.15) is 12.4 Å². The number of nitrogens with one attached hydrogen (secondary N) is 2. The highest BCUT2D eigenvalue weighted by atomic mass is 16.5. The summed E-state index contributed by atoms with van der Waals surface area (Å²) in [4.78, 5) is 27.9. The van der Waals surface area contributed by atoms with Crippen LogP contribution in [0, 0.1) is 0 Å². The lowest BCUT2D eigenvalue weighted by molar-refractivity contribution is 0.0937. The summed E-state index contributed by atoms with van der Waals surface area (Å²) >= 11 is 0. The fourth-order valence-corrected chi connectivity index (χ4v) is 3.26. The van der Waals surface area contributed by atoms with Gasteiger partial charge in [0.2, 0.25) is 5.56 Å². The van der Waals surface area contributed by atoms with Crippen LogP contribution in [0.4, 0.5) is 0 Å². The number of aromatic nitrogens is 1. The van der Waals surface area contributed by atoms with Gasteiger partial charge in [0.25, 0.3) is 0 Å². The van der Waals surface area contributed by atoms with Crippen LogP contribution >= 0.6 is 0 Å². The molecular formula is C23H26N2O3. The highest BCUT2D eigenvalue weighted by Gasteiger charge is 2.22. The molecule has 0 aliphatic rings. The predicted octanol–water partition coefficient (Wildman–Crippen LogP) is 4.07. The van der Waals surface area contributed by atoms with E-state index >= 15 is 0 Å². The topological polar surface area (TPSA) is 71.2 Å². The van der Waals surface area contributed by atoms with E-state index in [1.165, 1.54) is 6.07 Å². The van der Waals surface area contributed by atoms with E-state index in [2.05, 4.69) is 10.3 Å². The smallest absolute Gasteiger partial charge is 0.248 e. The average molecular weight is 378 g/mol. The van der Waals surface area contributed by atoms with Crippen molar-refractivity contribution in [2.24, 2.45) is 0 Å². The van der Waals surface area contributed by atoms with Crippen LogP contribution in [0.1, 0.15) is 43.1 Å². The molecule has 0 aliphatic carbocycles. The van der Waals surface area contributed by atoms with E-state index in [0.29, 0.717) is 35.2 Å². The number of fused-ring (bicyclic) bond motifs is 1. The van der Waals surface area contributed by atoms with Gasteiger partial charge in [-0.05, 0) is 30.2 Å². The minimum atomic E-state index is -0.272. The van der Waals surface area contributed by atoms with E-state index in [9.17, 15) is 9.59 Å². The van der Waals surface area contributed by atoms with Crippen molar-refractivity contribution >= 4 is 16.7 Å². The Bertz CT molecular complexity index is 1010. The minimum Gasteiger partial charge on any atom is -0.487 e. The summed E-state index contributed by atoms with van der Waals surface area (Å²) in [5.74, 6) is 0.570. The maximum atomic E-state index is 13.1. The number of carbonyl (C=O) groups is 1. The summed E-state index contributed by atoms with van der Waals surface area (Å²) in [7, 11) is 0. The Kier molecular flexibility index (Phi) is 6.26. The Morgan fingerprint density at radius 2 is 1.82 bits per heavy atom. The summed E-state index contributed by atoms with van der Waals surface area (Å²) in [5, 5.41) is 4.01. The first kappa shape index (κ1) is 19.8. The van der Waals surface area contributed by atoms with Crippen LogP contribution in [0.2, 0.25) is 0 Å². The van der Waals surface area contributed by atoms with Crippen molar-refractivity contribution in [2.45, 2.75) is 45.9 Å². The fourth-order valence-electron chi connectivity index (χ4n) is 3.26. The molecule has 1 unspecified atom stereocenters.